The Bertz CT molecular complexity index is 1040. The molecule has 0 aliphatic carbocycles. The van der Waals surface area contributed by atoms with Crippen LogP contribution in [-0.2, 0) is 19.1 Å². The van der Waals surface area contributed by atoms with Crippen molar-refractivity contribution in [1.82, 2.24) is 0 Å². The van der Waals surface area contributed by atoms with E-state index in [4.69, 9.17) is 15.2 Å². The fraction of sp³-hybridized carbons (Fsp3) is 0.714. The molecule has 9 nitrogen and oxygen atoms in total. The van der Waals surface area contributed by atoms with Gasteiger partial charge in [0.1, 0.15) is 12.2 Å². The summed E-state index contributed by atoms with van der Waals surface area (Å²) in [6, 6.07) is 0. The number of hydrogen-bond donors (Lipinski definition) is 3. The molecular weight excluding hydrogens is 560 g/mol. The highest BCUT2D eigenvalue weighted by atomic mass is 16.6. The maximum atomic E-state index is 13.0. The van der Waals surface area contributed by atoms with Crippen LogP contribution in [-0.4, -0.2) is 58.8 Å². The molecule has 0 bridgehead atoms. The summed E-state index contributed by atoms with van der Waals surface area (Å²) in [5, 5.41) is 21.4. The molecule has 44 heavy (non-hydrogen) atoms. The van der Waals surface area contributed by atoms with Crippen LogP contribution in [0.5, 0.6) is 0 Å². The van der Waals surface area contributed by atoms with Crippen LogP contribution in [0.2, 0.25) is 0 Å². The Labute approximate surface area is 265 Å². The topological polar surface area (TPSA) is 149 Å². The van der Waals surface area contributed by atoms with E-state index in [1.807, 2.05) is 34.6 Å². The first kappa shape index (κ1) is 39.2. The van der Waals surface area contributed by atoms with Gasteiger partial charge in [0.25, 0.3) is 5.91 Å². The molecule has 0 aromatic heterocycles. The standard InChI is InChI=1S/C35H58N2O7/c1-24(2)20-32(40)37-19-17-26(4)21-27(5)31-22-25(3)12-9-8-10-13-30(44-34(36)42)29(39)16-15-28(38)23-35(6,7)18-11-14-33(41)43-31/h12,19-21,27-31,38-39H,8-11,13-18,22-23H2,1-7H3,(H2,36,42)/b25-12+,26-21+,37-19+/t27-,28-,29+,30+,31+/m0/s1. The number of allylic oxidation sites excluding steroid dienone is 3. The number of ether oxygens (including phenoxy) is 2. The normalized spacial score (nSPS) is 27.3. The number of amides is 2. The lowest BCUT2D eigenvalue weighted by Gasteiger charge is -2.29. The van der Waals surface area contributed by atoms with Crippen LogP contribution in [0.3, 0.4) is 0 Å². The van der Waals surface area contributed by atoms with Crippen molar-refractivity contribution in [2.75, 3.05) is 0 Å². The highest BCUT2D eigenvalue weighted by Gasteiger charge is 2.27. The molecule has 2 amide bonds. The van der Waals surface area contributed by atoms with Gasteiger partial charge in [0, 0.05) is 37.5 Å². The molecule has 0 saturated carbocycles. The molecule has 0 spiro atoms. The minimum Gasteiger partial charge on any atom is -0.461 e. The molecule has 1 aliphatic rings. The molecule has 0 fully saturated rings. The van der Waals surface area contributed by atoms with E-state index in [2.05, 4.69) is 31.0 Å². The highest BCUT2D eigenvalue weighted by Crippen LogP contribution is 2.31. The summed E-state index contributed by atoms with van der Waals surface area (Å²) in [7, 11) is 0. The molecule has 0 radical (unpaired) electrons. The van der Waals surface area contributed by atoms with Gasteiger partial charge >= 0.3 is 12.1 Å². The van der Waals surface area contributed by atoms with Gasteiger partial charge in [0.2, 0.25) is 0 Å². The Kier molecular flexibility index (Phi) is 18.1. The summed E-state index contributed by atoms with van der Waals surface area (Å²) in [6.45, 7) is 13.9. The fourth-order valence-corrected chi connectivity index (χ4v) is 5.57. The summed E-state index contributed by atoms with van der Waals surface area (Å²) in [5.74, 6) is -0.564. The van der Waals surface area contributed by atoms with Gasteiger partial charge in [0.15, 0.2) is 0 Å². The number of aliphatic hydroxyl groups excluding tert-OH is 2. The van der Waals surface area contributed by atoms with Gasteiger partial charge in [-0.25, -0.2) is 9.79 Å². The lowest BCUT2D eigenvalue weighted by atomic mass is 9.80. The monoisotopic (exact) mass is 618 g/mol. The highest BCUT2D eigenvalue weighted by molar-refractivity contribution is 5.94. The Morgan fingerprint density at radius 3 is 2.52 bits per heavy atom. The summed E-state index contributed by atoms with van der Waals surface area (Å²) in [5.41, 5.74) is 8.10. The van der Waals surface area contributed by atoms with Gasteiger partial charge in [-0.1, -0.05) is 49.6 Å². The average Bonchev–Trinajstić information content (AvgIpc) is 2.88. The van der Waals surface area contributed by atoms with Gasteiger partial charge in [-0.3, -0.25) is 9.59 Å². The molecule has 0 saturated heterocycles. The van der Waals surface area contributed by atoms with Crippen LogP contribution in [0.25, 0.3) is 0 Å². The lowest BCUT2D eigenvalue weighted by Crippen LogP contribution is -2.34. The fourth-order valence-electron chi connectivity index (χ4n) is 5.57. The molecule has 0 aromatic rings. The van der Waals surface area contributed by atoms with Crippen LogP contribution >= 0.6 is 0 Å². The summed E-state index contributed by atoms with van der Waals surface area (Å²) in [6.07, 6.45) is 10.6. The molecule has 1 rings (SSSR count). The van der Waals surface area contributed by atoms with Crippen LogP contribution in [0, 0.1) is 11.3 Å². The average molecular weight is 619 g/mol. The second-order valence-electron chi connectivity index (χ2n) is 13.5. The number of primary amides is 1. The predicted octanol–water partition coefficient (Wildman–Crippen LogP) is 6.90. The van der Waals surface area contributed by atoms with Crippen LogP contribution in [0.1, 0.15) is 126 Å². The van der Waals surface area contributed by atoms with Crippen molar-refractivity contribution < 1.29 is 34.1 Å². The van der Waals surface area contributed by atoms with E-state index in [9.17, 15) is 24.6 Å². The summed E-state index contributed by atoms with van der Waals surface area (Å²) < 4.78 is 11.3. The van der Waals surface area contributed by atoms with Gasteiger partial charge in [-0.2, -0.15) is 0 Å². The molecular formula is C35H58N2O7. The third-order valence-corrected chi connectivity index (χ3v) is 7.93. The zero-order chi connectivity index (χ0) is 33.3. The van der Waals surface area contributed by atoms with E-state index in [0.29, 0.717) is 44.9 Å². The number of hydrogen-bond acceptors (Lipinski definition) is 7. The number of carbonyl (C=O) groups excluding carboxylic acids is 3. The van der Waals surface area contributed by atoms with Crippen molar-refractivity contribution in [3.05, 3.63) is 34.9 Å². The Morgan fingerprint density at radius 2 is 1.86 bits per heavy atom. The maximum Gasteiger partial charge on any atom is 0.404 e. The van der Waals surface area contributed by atoms with Gasteiger partial charge in [0.05, 0.1) is 12.2 Å². The Morgan fingerprint density at radius 1 is 1.16 bits per heavy atom. The zero-order valence-corrected chi connectivity index (χ0v) is 28.1. The SMILES string of the molecule is CC(C)=CC(=O)/N=C/C/C(C)=C/[C@H](C)[C@H]1C/C(C)=C/CCCC[C@@H](OC(N)=O)[C@H](O)CC[C@H](O)CC(C)(C)CCCC(=O)O1. The maximum absolute atomic E-state index is 13.0. The third-order valence-electron chi connectivity index (χ3n) is 7.93. The molecule has 1 heterocycles. The van der Waals surface area contributed by atoms with Crippen molar-refractivity contribution in [1.29, 1.82) is 0 Å². The number of cyclic esters (lactones) is 1. The predicted molar refractivity (Wildman–Crippen MR) is 175 cm³/mol. The second kappa shape index (κ2) is 20.3. The number of aliphatic imine (C=N–C) groups is 1. The van der Waals surface area contributed by atoms with Crippen molar-refractivity contribution in [3.63, 3.8) is 0 Å². The molecule has 4 N–H and O–H groups in total. The summed E-state index contributed by atoms with van der Waals surface area (Å²) >= 11 is 0. The van der Waals surface area contributed by atoms with Gasteiger partial charge in [-0.15, -0.1) is 0 Å². The number of rotatable bonds is 6. The van der Waals surface area contributed by atoms with E-state index < -0.39 is 24.4 Å². The van der Waals surface area contributed by atoms with Crippen molar-refractivity contribution in [2.24, 2.45) is 22.1 Å². The molecule has 0 unspecified atom stereocenters. The smallest absolute Gasteiger partial charge is 0.404 e. The van der Waals surface area contributed by atoms with Crippen LogP contribution in [0.4, 0.5) is 4.79 Å². The molecule has 250 valence electrons. The van der Waals surface area contributed by atoms with Crippen molar-refractivity contribution in [3.8, 4) is 0 Å². The Balaban J connectivity index is 3.07. The summed E-state index contributed by atoms with van der Waals surface area (Å²) in [4.78, 5) is 40.2. The number of aliphatic hydroxyl groups is 2. The second-order valence-corrected chi connectivity index (χ2v) is 13.5. The van der Waals surface area contributed by atoms with Crippen molar-refractivity contribution in [2.45, 2.75) is 150 Å². The number of esters is 1. The van der Waals surface area contributed by atoms with E-state index in [0.717, 1.165) is 42.4 Å². The zero-order valence-electron chi connectivity index (χ0n) is 28.1. The quantitative estimate of drug-likeness (QED) is 0.127. The van der Waals surface area contributed by atoms with Crippen LogP contribution < -0.4 is 5.73 Å². The first-order chi connectivity index (χ1) is 20.6. The number of nitrogens with zero attached hydrogens (tertiary/aromatic N) is 1. The Hall–Kier alpha value is -2.78. The number of carbonyl (C=O) groups is 3. The lowest BCUT2D eigenvalue weighted by molar-refractivity contribution is -0.150. The minimum absolute atomic E-state index is 0.0539. The first-order valence-electron chi connectivity index (χ1n) is 16.1. The molecule has 1 aliphatic heterocycles. The van der Waals surface area contributed by atoms with Crippen molar-refractivity contribution >= 4 is 24.2 Å². The molecule has 0 aromatic carbocycles. The van der Waals surface area contributed by atoms with E-state index in [1.54, 1.807) is 6.21 Å². The molecule has 9 heteroatoms. The van der Waals surface area contributed by atoms with E-state index in [-0.39, 0.29) is 35.7 Å². The molecule has 5 atom stereocenters. The van der Waals surface area contributed by atoms with Gasteiger partial charge < -0.3 is 25.4 Å². The van der Waals surface area contributed by atoms with E-state index >= 15 is 0 Å². The first-order valence-corrected chi connectivity index (χ1v) is 16.1. The third kappa shape index (κ3) is 18.1. The largest absolute Gasteiger partial charge is 0.461 e. The minimum atomic E-state index is -0.913. The van der Waals surface area contributed by atoms with Crippen LogP contribution in [0.15, 0.2) is 39.9 Å². The number of nitrogens with two attached hydrogens (primary N) is 1. The van der Waals surface area contributed by atoms with Gasteiger partial charge in [-0.05, 0) is 90.9 Å². The van der Waals surface area contributed by atoms with E-state index in [1.165, 1.54) is 6.08 Å².